The van der Waals surface area contributed by atoms with Crippen LogP contribution in [0, 0.1) is 0 Å². The first-order valence-electron chi connectivity index (χ1n) is 9.90. The number of carboxylic acid groups (broad SMARTS) is 1. The van der Waals surface area contributed by atoms with E-state index < -0.39 is 11.9 Å². The molecule has 0 fully saturated rings. The Labute approximate surface area is 181 Å². The van der Waals surface area contributed by atoms with E-state index in [0.717, 1.165) is 17.1 Å². The smallest absolute Gasteiger partial charge is 0.304 e. The lowest BCUT2D eigenvalue weighted by molar-refractivity contribution is -0.141. The maximum Gasteiger partial charge on any atom is 0.304 e. The zero-order valence-electron chi connectivity index (χ0n) is 17.5. The predicted octanol–water partition coefficient (Wildman–Crippen LogP) is 4.70. The molecular weight excluding hydrogens is 394 g/mol. The van der Waals surface area contributed by atoms with Gasteiger partial charge < -0.3 is 19.5 Å². The maximum absolute atomic E-state index is 12.3. The molecule has 1 N–H and O–H groups in total. The van der Waals surface area contributed by atoms with Gasteiger partial charge in [-0.15, -0.1) is 0 Å². The molecule has 0 saturated carbocycles. The molecule has 3 aromatic carbocycles. The molecule has 0 bridgehead atoms. The standard InChI is InChI=1S/C25H25NO5/c1-26(2)25(29)23(16-24(27)28)19-10-14-20(15-11-19)30-17-18-8-12-22(13-9-18)31-21-6-4-3-5-7-21/h3-15,23H,16-17H2,1-2H3,(H,27,28). The SMILES string of the molecule is CN(C)C(=O)C(CC(=O)O)c1ccc(OCc2ccc(Oc3ccccc3)cc2)cc1. The van der Waals surface area contributed by atoms with Crippen LogP contribution in [0.2, 0.25) is 0 Å². The van der Waals surface area contributed by atoms with Crippen LogP contribution in [-0.2, 0) is 16.2 Å². The molecule has 0 heterocycles. The fourth-order valence-electron chi connectivity index (χ4n) is 3.08. The monoisotopic (exact) mass is 419 g/mol. The molecule has 1 atom stereocenters. The summed E-state index contributed by atoms with van der Waals surface area (Å²) in [6.07, 6.45) is -0.255. The van der Waals surface area contributed by atoms with E-state index in [1.165, 1.54) is 4.90 Å². The number of carboxylic acids is 1. The number of hydrogen-bond acceptors (Lipinski definition) is 4. The van der Waals surface area contributed by atoms with Gasteiger partial charge in [-0.25, -0.2) is 0 Å². The van der Waals surface area contributed by atoms with Gasteiger partial charge in [0.15, 0.2) is 0 Å². The summed E-state index contributed by atoms with van der Waals surface area (Å²) in [7, 11) is 3.23. The minimum absolute atomic E-state index is 0.242. The number of likely N-dealkylation sites (N-methyl/N-ethyl adjacent to an activating group) is 1. The van der Waals surface area contributed by atoms with Gasteiger partial charge in [-0.1, -0.05) is 42.5 Å². The first kappa shape index (κ1) is 21.9. The van der Waals surface area contributed by atoms with Crippen molar-refractivity contribution in [3.63, 3.8) is 0 Å². The molecule has 31 heavy (non-hydrogen) atoms. The van der Waals surface area contributed by atoms with E-state index in [4.69, 9.17) is 14.6 Å². The molecule has 0 saturated heterocycles. The van der Waals surface area contributed by atoms with Crippen LogP contribution in [0.25, 0.3) is 0 Å². The number of ether oxygens (including phenoxy) is 2. The van der Waals surface area contributed by atoms with Crippen molar-refractivity contribution in [3.05, 3.63) is 90.0 Å². The molecule has 3 rings (SSSR count). The lowest BCUT2D eigenvalue weighted by atomic mass is 9.94. The van der Waals surface area contributed by atoms with Crippen molar-refractivity contribution in [1.29, 1.82) is 0 Å². The van der Waals surface area contributed by atoms with Gasteiger partial charge in [0.05, 0.1) is 12.3 Å². The minimum Gasteiger partial charge on any atom is -0.489 e. The van der Waals surface area contributed by atoms with E-state index in [1.807, 2.05) is 54.6 Å². The van der Waals surface area contributed by atoms with Gasteiger partial charge in [0, 0.05) is 14.1 Å². The van der Waals surface area contributed by atoms with Crippen LogP contribution in [0.4, 0.5) is 0 Å². The van der Waals surface area contributed by atoms with Crippen LogP contribution < -0.4 is 9.47 Å². The lowest BCUT2D eigenvalue weighted by Crippen LogP contribution is -2.29. The van der Waals surface area contributed by atoms with E-state index in [1.54, 1.807) is 38.4 Å². The van der Waals surface area contributed by atoms with Crippen LogP contribution in [0.5, 0.6) is 17.2 Å². The number of carbonyl (C=O) groups excluding carboxylic acids is 1. The highest BCUT2D eigenvalue weighted by Crippen LogP contribution is 2.25. The molecule has 1 amide bonds. The van der Waals surface area contributed by atoms with E-state index >= 15 is 0 Å². The molecule has 0 aromatic heterocycles. The van der Waals surface area contributed by atoms with Crippen molar-refractivity contribution in [3.8, 4) is 17.2 Å². The highest BCUT2D eigenvalue weighted by molar-refractivity contribution is 5.87. The molecule has 3 aromatic rings. The molecular formula is C25H25NO5. The van der Waals surface area contributed by atoms with Crippen molar-refractivity contribution in [2.24, 2.45) is 0 Å². The van der Waals surface area contributed by atoms with Gasteiger partial charge in [-0.3, -0.25) is 9.59 Å². The zero-order chi connectivity index (χ0) is 22.2. The lowest BCUT2D eigenvalue weighted by Gasteiger charge is -2.19. The van der Waals surface area contributed by atoms with Crippen LogP contribution in [0.1, 0.15) is 23.5 Å². The zero-order valence-corrected chi connectivity index (χ0v) is 17.5. The summed E-state index contributed by atoms with van der Waals surface area (Å²) in [4.78, 5) is 24.9. The minimum atomic E-state index is -1.01. The van der Waals surface area contributed by atoms with Crippen LogP contribution in [0.15, 0.2) is 78.9 Å². The Morgan fingerprint density at radius 1 is 0.839 bits per heavy atom. The number of amides is 1. The molecule has 1 unspecified atom stereocenters. The number of nitrogens with zero attached hydrogens (tertiary/aromatic N) is 1. The Kier molecular flexibility index (Phi) is 7.27. The van der Waals surface area contributed by atoms with E-state index in [-0.39, 0.29) is 12.3 Å². The second-order valence-corrected chi connectivity index (χ2v) is 7.30. The van der Waals surface area contributed by atoms with E-state index in [9.17, 15) is 9.59 Å². The molecule has 0 aliphatic carbocycles. The molecule has 6 heteroatoms. The topological polar surface area (TPSA) is 76.1 Å². The third-order valence-corrected chi connectivity index (χ3v) is 4.71. The van der Waals surface area contributed by atoms with Crippen LogP contribution >= 0.6 is 0 Å². The van der Waals surface area contributed by atoms with Gasteiger partial charge in [0.25, 0.3) is 0 Å². The number of aliphatic carboxylic acids is 1. The Hall–Kier alpha value is -3.80. The summed E-state index contributed by atoms with van der Waals surface area (Å²) in [5.74, 6) is 0.183. The van der Waals surface area contributed by atoms with E-state index in [0.29, 0.717) is 17.9 Å². The molecule has 0 aliphatic heterocycles. The fraction of sp³-hybridized carbons (Fsp3) is 0.200. The van der Waals surface area contributed by atoms with Gasteiger partial charge >= 0.3 is 5.97 Å². The van der Waals surface area contributed by atoms with Gasteiger partial charge in [-0.2, -0.15) is 0 Å². The summed E-state index contributed by atoms with van der Waals surface area (Å²) in [6.45, 7) is 0.375. The summed E-state index contributed by atoms with van der Waals surface area (Å²) >= 11 is 0. The average Bonchev–Trinajstić information content (AvgIpc) is 2.77. The van der Waals surface area contributed by atoms with Crippen molar-refractivity contribution in [1.82, 2.24) is 4.90 Å². The van der Waals surface area contributed by atoms with Gasteiger partial charge in [-0.05, 0) is 47.5 Å². The number of benzene rings is 3. The Morgan fingerprint density at radius 3 is 2.00 bits per heavy atom. The molecule has 0 spiro atoms. The van der Waals surface area contributed by atoms with Crippen molar-refractivity contribution >= 4 is 11.9 Å². The average molecular weight is 419 g/mol. The summed E-state index contributed by atoms with van der Waals surface area (Å²) < 4.78 is 11.6. The second-order valence-electron chi connectivity index (χ2n) is 7.30. The Morgan fingerprint density at radius 2 is 1.42 bits per heavy atom. The third-order valence-electron chi connectivity index (χ3n) is 4.71. The van der Waals surface area contributed by atoms with Crippen LogP contribution in [0.3, 0.4) is 0 Å². The summed E-state index contributed by atoms with van der Waals surface area (Å²) in [5, 5.41) is 9.14. The van der Waals surface area contributed by atoms with Crippen molar-refractivity contribution < 1.29 is 24.2 Å². The number of hydrogen-bond donors (Lipinski definition) is 1. The Bertz CT molecular complexity index is 998. The first-order valence-corrected chi connectivity index (χ1v) is 9.90. The predicted molar refractivity (Wildman–Crippen MR) is 117 cm³/mol. The number of rotatable bonds is 9. The normalized spacial score (nSPS) is 11.4. The number of carbonyl (C=O) groups is 2. The van der Waals surface area contributed by atoms with E-state index in [2.05, 4.69) is 0 Å². The summed E-state index contributed by atoms with van der Waals surface area (Å²) in [5.41, 5.74) is 1.63. The molecule has 6 nitrogen and oxygen atoms in total. The fourth-order valence-corrected chi connectivity index (χ4v) is 3.08. The molecule has 0 radical (unpaired) electrons. The quantitative estimate of drug-likeness (QED) is 0.544. The van der Waals surface area contributed by atoms with Gasteiger partial charge in [0.1, 0.15) is 23.9 Å². The van der Waals surface area contributed by atoms with Gasteiger partial charge in [0.2, 0.25) is 5.91 Å². The summed E-state index contributed by atoms with van der Waals surface area (Å²) in [6, 6.07) is 24.2. The maximum atomic E-state index is 12.3. The number of para-hydroxylation sites is 1. The largest absolute Gasteiger partial charge is 0.489 e. The van der Waals surface area contributed by atoms with Crippen LogP contribution in [-0.4, -0.2) is 36.0 Å². The highest BCUT2D eigenvalue weighted by Gasteiger charge is 2.25. The van der Waals surface area contributed by atoms with Crippen molar-refractivity contribution in [2.45, 2.75) is 18.9 Å². The van der Waals surface area contributed by atoms with Crippen molar-refractivity contribution in [2.75, 3.05) is 14.1 Å². The first-order chi connectivity index (χ1) is 14.9. The molecule has 160 valence electrons. The second kappa shape index (κ2) is 10.3. The third kappa shape index (κ3) is 6.34. The molecule has 0 aliphatic rings. The Balaban J connectivity index is 1.59. The highest BCUT2D eigenvalue weighted by atomic mass is 16.5.